The number of methoxy groups -OCH3 is 1. The Bertz CT molecular complexity index is 537. The molecule has 0 amide bonds. The van der Waals surface area contributed by atoms with Crippen LogP contribution >= 0.6 is 0 Å². The first kappa shape index (κ1) is 15.6. The first-order valence-corrected chi connectivity index (χ1v) is 7.29. The highest BCUT2D eigenvalue weighted by Crippen LogP contribution is 2.36. The predicted molar refractivity (Wildman–Crippen MR) is 85.7 cm³/mol. The van der Waals surface area contributed by atoms with Gasteiger partial charge in [0, 0.05) is 23.5 Å². The summed E-state index contributed by atoms with van der Waals surface area (Å²) >= 11 is 0. The van der Waals surface area contributed by atoms with E-state index in [0.717, 1.165) is 17.8 Å². The number of nitrogens with zero attached hydrogens (tertiary/aromatic N) is 1. The molecule has 5 nitrogen and oxygen atoms in total. The van der Waals surface area contributed by atoms with Crippen molar-refractivity contribution >= 4 is 17.3 Å². The van der Waals surface area contributed by atoms with E-state index in [0.29, 0.717) is 11.3 Å². The molecule has 0 unspecified atom stereocenters. The second-order valence-corrected chi connectivity index (χ2v) is 6.07. The van der Waals surface area contributed by atoms with Crippen molar-refractivity contribution in [3.05, 3.63) is 23.3 Å². The molecule has 5 heteroatoms. The van der Waals surface area contributed by atoms with E-state index in [1.807, 2.05) is 13.0 Å². The zero-order chi connectivity index (χ0) is 15.6. The summed E-state index contributed by atoms with van der Waals surface area (Å²) in [5.74, 6) is -0.398. The van der Waals surface area contributed by atoms with E-state index < -0.39 is 5.97 Å². The van der Waals surface area contributed by atoms with Crippen molar-refractivity contribution in [3.63, 3.8) is 0 Å². The number of nitrogens with two attached hydrogens (primary N) is 1. The standard InChI is InChI=1S/C16H25N3O2/c1-11-8-12(9-13(14(11)17)15(20)21-4)18-10-16(19(2)3)6-5-7-16/h8-9,18H,5-7,10,17H2,1-4H3. The number of rotatable bonds is 5. The average Bonchev–Trinajstić information content (AvgIpc) is 2.39. The topological polar surface area (TPSA) is 67.6 Å². The van der Waals surface area contributed by atoms with Crippen molar-refractivity contribution in [2.24, 2.45) is 0 Å². The number of hydrogen-bond donors (Lipinski definition) is 2. The van der Waals surface area contributed by atoms with Gasteiger partial charge < -0.3 is 20.7 Å². The lowest BCUT2D eigenvalue weighted by Crippen LogP contribution is -2.54. The molecule has 2 rings (SSSR count). The van der Waals surface area contributed by atoms with Gasteiger partial charge in [-0.2, -0.15) is 0 Å². The largest absolute Gasteiger partial charge is 0.465 e. The van der Waals surface area contributed by atoms with E-state index >= 15 is 0 Å². The number of ether oxygens (including phenoxy) is 1. The second kappa shape index (κ2) is 5.93. The van der Waals surface area contributed by atoms with Gasteiger partial charge in [-0.15, -0.1) is 0 Å². The van der Waals surface area contributed by atoms with Crippen LogP contribution in [0.2, 0.25) is 0 Å². The molecule has 116 valence electrons. The fraction of sp³-hybridized carbons (Fsp3) is 0.562. The van der Waals surface area contributed by atoms with Crippen LogP contribution in [0, 0.1) is 6.92 Å². The molecule has 0 bridgehead atoms. The summed E-state index contributed by atoms with van der Waals surface area (Å²) in [4.78, 5) is 14.1. The number of likely N-dealkylation sites (N-methyl/N-ethyl adjacent to an activating group) is 1. The monoisotopic (exact) mass is 291 g/mol. The van der Waals surface area contributed by atoms with Gasteiger partial charge in [-0.3, -0.25) is 0 Å². The zero-order valence-corrected chi connectivity index (χ0v) is 13.3. The van der Waals surface area contributed by atoms with Crippen LogP contribution in [0.25, 0.3) is 0 Å². The summed E-state index contributed by atoms with van der Waals surface area (Å²) in [5.41, 5.74) is 8.88. The van der Waals surface area contributed by atoms with Crippen LogP contribution in [0.3, 0.4) is 0 Å². The molecule has 1 aromatic rings. The van der Waals surface area contributed by atoms with E-state index in [2.05, 4.69) is 24.3 Å². The lowest BCUT2D eigenvalue weighted by atomic mass is 9.75. The predicted octanol–water partition coefficient (Wildman–Crippen LogP) is 2.26. The van der Waals surface area contributed by atoms with Gasteiger partial charge in [0.25, 0.3) is 0 Å². The number of anilines is 2. The molecule has 1 aliphatic carbocycles. The normalized spacial score (nSPS) is 16.4. The van der Waals surface area contributed by atoms with Gasteiger partial charge in [-0.25, -0.2) is 4.79 Å². The fourth-order valence-electron chi connectivity index (χ4n) is 2.81. The summed E-state index contributed by atoms with van der Waals surface area (Å²) in [7, 11) is 5.61. The molecule has 0 radical (unpaired) electrons. The zero-order valence-electron chi connectivity index (χ0n) is 13.3. The minimum Gasteiger partial charge on any atom is -0.465 e. The molecule has 0 aliphatic heterocycles. The molecule has 1 fully saturated rings. The minimum absolute atomic E-state index is 0.223. The third-order valence-electron chi connectivity index (χ3n) is 4.65. The summed E-state index contributed by atoms with van der Waals surface area (Å²) in [6.45, 7) is 2.77. The van der Waals surface area contributed by atoms with Crippen molar-refractivity contribution in [1.29, 1.82) is 0 Å². The molecule has 3 N–H and O–H groups in total. The first-order chi connectivity index (χ1) is 9.89. The van der Waals surface area contributed by atoms with Crippen LogP contribution < -0.4 is 11.1 Å². The molecule has 1 saturated carbocycles. The highest BCUT2D eigenvalue weighted by atomic mass is 16.5. The van der Waals surface area contributed by atoms with Crippen molar-refractivity contribution in [1.82, 2.24) is 4.90 Å². The van der Waals surface area contributed by atoms with Crippen molar-refractivity contribution in [2.75, 3.05) is 38.8 Å². The third-order valence-corrected chi connectivity index (χ3v) is 4.65. The van der Waals surface area contributed by atoms with E-state index in [1.54, 1.807) is 6.07 Å². The average molecular weight is 291 g/mol. The molecule has 0 heterocycles. The van der Waals surface area contributed by atoms with E-state index in [9.17, 15) is 4.79 Å². The Morgan fingerprint density at radius 3 is 2.57 bits per heavy atom. The number of benzene rings is 1. The second-order valence-electron chi connectivity index (χ2n) is 6.07. The van der Waals surface area contributed by atoms with Crippen LogP contribution in [-0.4, -0.2) is 44.2 Å². The molecule has 0 atom stereocenters. The molecular formula is C16H25N3O2. The van der Waals surface area contributed by atoms with Crippen LogP contribution in [0.5, 0.6) is 0 Å². The van der Waals surface area contributed by atoms with Gasteiger partial charge in [-0.1, -0.05) is 0 Å². The summed E-state index contributed by atoms with van der Waals surface area (Å²) in [6.07, 6.45) is 3.67. The van der Waals surface area contributed by atoms with Gasteiger partial charge in [0.05, 0.1) is 12.7 Å². The highest BCUT2D eigenvalue weighted by molar-refractivity contribution is 5.97. The number of hydrogen-bond acceptors (Lipinski definition) is 5. The summed E-state index contributed by atoms with van der Waals surface area (Å²) in [5, 5.41) is 3.45. The number of nitrogen functional groups attached to an aromatic ring is 1. The Labute approximate surface area is 126 Å². The molecule has 1 aliphatic rings. The molecule has 21 heavy (non-hydrogen) atoms. The number of aryl methyl sites for hydroxylation is 1. The maximum absolute atomic E-state index is 11.8. The van der Waals surface area contributed by atoms with Gasteiger partial charge in [0.1, 0.15) is 0 Å². The van der Waals surface area contributed by atoms with Gasteiger partial charge in [0.15, 0.2) is 0 Å². The van der Waals surface area contributed by atoms with E-state index in [-0.39, 0.29) is 5.54 Å². The minimum atomic E-state index is -0.398. The first-order valence-electron chi connectivity index (χ1n) is 7.29. The Morgan fingerprint density at radius 2 is 2.10 bits per heavy atom. The lowest BCUT2D eigenvalue weighted by molar-refractivity contribution is 0.0602. The van der Waals surface area contributed by atoms with Crippen molar-refractivity contribution in [2.45, 2.75) is 31.7 Å². The van der Waals surface area contributed by atoms with Crippen LogP contribution in [0.1, 0.15) is 35.2 Å². The quantitative estimate of drug-likeness (QED) is 0.643. The van der Waals surface area contributed by atoms with Crippen molar-refractivity contribution < 1.29 is 9.53 Å². The molecule has 0 saturated heterocycles. The third kappa shape index (κ3) is 2.97. The molecule has 0 aromatic heterocycles. The fourth-order valence-corrected chi connectivity index (χ4v) is 2.81. The number of esters is 1. The number of nitrogens with one attached hydrogen (secondary N) is 1. The smallest absolute Gasteiger partial charge is 0.340 e. The SMILES string of the molecule is COC(=O)c1cc(NCC2(N(C)C)CCC2)cc(C)c1N. The highest BCUT2D eigenvalue weighted by Gasteiger charge is 2.38. The summed E-state index contributed by atoms with van der Waals surface area (Å²) < 4.78 is 4.79. The van der Waals surface area contributed by atoms with E-state index in [1.165, 1.54) is 26.4 Å². The van der Waals surface area contributed by atoms with Crippen LogP contribution in [0.4, 0.5) is 11.4 Å². The van der Waals surface area contributed by atoms with Crippen LogP contribution in [-0.2, 0) is 4.74 Å². The van der Waals surface area contributed by atoms with Gasteiger partial charge in [0.2, 0.25) is 0 Å². The molecular weight excluding hydrogens is 266 g/mol. The lowest BCUT2D eigenvalue weighted by Gasteiger charge is -2.47. The Balaban J connectivity index is 2.17. The maximum atomic E-state index is 11.8. The molecule has 0 spiro atoms. The number of carbonyl (C=O) groups excluding carboxylic acids is 1. The Kier molecular flexibility index (Phi) is 4.42. The Morgan fingerprint density at radius 1 is 1.43 bits per heavy atom. The molecule has 1 aromatic carbocycles. The summed E-state index contributed by atoms with van der Waals surface area (Å²) in [6, 6.07) is 3.75. The van der Waals surface area contributed by atoms with Gasteiger partial charge >= 0.3 is 5.97 Å². The van der Waals surface area contributed by atoms with Crippen LogP contribution in [0.15, 0.2) is 12.1 Å². The Hall–Kier alpha value is -1.75. The van der Waals surface area contributed by atoms with E-state index in [4.69, 9.17) is 10.5 Å². The van der Waals surface area contributed by atoms with Gasteiger partial charge in [-0.05, 0) is 58.0 Å². The van der Waals surface area contributed by atoms with Crippen molar-refractivity contribution in [3.8, 4) is 0 Å². The number of carbonyl (C=O) groups is 1. The maximum Gasteiger partial charge on any atom is 0.340 e.